The number of hydrogen-bond acceptors (Lipinski definition) is 1. The van der Waals surface area contributed by atoms with E-state index in [-0.39, 0.29) is 5.92 Å². The first-order chi connectivity index (χ1) is 7.39. The SMILES string of the molecule is C/C=C1\[C@@H](C(=O)N(C)C)C[C@H]2C[C@@H]1C2(C)C. The number of nitrogens with zero attached hydrogens (tertiary/aromatic N) is 1. The predicted molar refractivity (Wildman–Crippen MR) is 65.9 cm³/mol. The predicted octanol–water partition coefficient (Wildman–Crippen LogP) is 2.70. The topological polar surface area (TPSA) is 20.3 Å². The van der Waals surface area contributed by atoms with Gasteiger partial charge in [0.15, 0.2) is 0 Å². The van der Waals surface area contributed by atoms with E-state index < -0.39 is 0 Å². The molecule has 0 aromatic heterocycles. The van der Waals surface area contributed by atoms with Gasteiger partial charge in [-0.05, 0) is 37.0 Å². The van der Waals surface area contributed by atoms with E-state index in [0.29, 0.717) is 17.2 Å². The second kappa shape index (κ2) is 3.61. The molecular weight excluding hydrogens is 198 g/mol. The number of carbonyl (C=O) groups is 1. The Morgan fingerprint density at radius 3 is 2.44 bits per heavy atom. The van der Waals surface area contributed by atoms with Crippen molar-refractivity contribution in [1.29, 1.82) is 0 Å². The molecule has 3 fully saturated rings. The van der Waals surface area contributed by atoms with Gasteiger partial charge in [0, 0.05) is 14.1 Å². The third kappa shape index (κ3) is 1.42. The van der Waals surface area contributed by atoms with Crippen LogP contribution >= 0.6 is 0 Å². The van der Waals surface area contributed by atoms with Crippen LogP contribution in [0.25, 0.3) is 0 Å². The number of fused-ring (bicyclic) bond motifs is 2. The minimum absolute atomic E-state index is 0.164. The summed E-state index contributed by atoms with van der Waals surface area (Å²) >= 11 is 0. The van der Waals surface area contributed by atoms with Crippen molar-refractivity contribution in [1.82, 2.24) is 4.90 Å². The lowest BCUT2D eigenvalue weighted by molar-refractivity contribution is -0.138. The van der Waals surface area contributed by atoms with E-state index in [1.54, 1.807) is 4.90 Å². The summed E-state index contributed by atoms with van der Waals surface area (Å²) in [5.74, 6) is 1.84. The molecule has 3 aliphatic rings. The van der Waals surface area contributed by atoms with Crippen molar-refractivity contribution in [2.24, 2.45) is 23.2 Å². The van der Waals surface area contributed by atoms with Crippen LogP contribution in [0.5, 0.6) is 0 Å². The number of allylic oxidation sites excluding steroid dienone is 1. The number of rotatable bonds is 1. The zero-order chi connectivity index (χ0) is 12.1. The van der Waals surface area contributed by atoms with Crippen molar-refractivity contribution in [3.8, 4) is 0 Å². The van der Waals surface area contributed by atoms with E-state index in [1.165, 1.54) is 12.0 Å². The van der Waals surface area contributed by atoms with Gasteiger partial charge in [-0.2, -0.15) is 0 Å². The van der Waals surface area contributed by atoms with Crippen LogP contribution in [0.2, 0.25) is 0 Å². The molecule has 3 atom stereocenters. The average molecular weight is 221 g/mol. The molecule has 0 spiro atoms. The maximum Gasteiger partial charge on any atom is 0.229 e. The fourth-order valence-electron chi connectivity index (χ4n) is 3.60. The second-order valence-corrected chi connectivity index (χ2v) is 6.12. The number of hydrogen-bond donors (Lipinski definition) is 0. The largest absolute Gasteiger partial charge is 0.348 e. The van der Waals surface area contributed by atoms with Gasteiger partial charge in [0.2, 0.25) is 5.91 Å². The Bertz CT molecular complexity index is 341. The van der Waals surface area contributed by atoms with Gasteiger partial charge in [-0.25, -0.2) is 0 Å². The van der Waals surface area contributed by atoms with Crippen molar-refractivity contribution in [2.75, 3.05) is 14.1 Å². The lowest BCUT2D eigenvalue weighted by Crippen LogP contribution is -2.54. The Hall–Kier alpha value is -0.790. The first-order valence-corrected chi connectivity index (χ1v) is 6.26. The fourth-order valence-corrected chi connectivity index (χ4v) is 3.60. The van der Waals surface area contributed by atoms with E-state index >= 15 is 0 Å². The van der Waals surface area contributed by atoms with Crippen LogP contribution in [0.1, 0.15) is 33.6 Å². The third-order valence-corrected chi connectivity index (χ3v) is 4.87. The molecule has 0 unspecified atom stereocenters. The fraction of sp³-hybridized carbons (Fsp3) is 0.786. The lowest BCUT2D eigenvalue weighted by atomic mass is 9.45. The molecule has 2 heteroatoms. The molecule has 0 N–H and O–H groups in total. The van der Waals surface area contributed by atoms with Crippen molar-refractivity contribution in [3.63, 3.8) is 0 Å². The summed E-state index contributed by atoms with van der Waals surface area (Å²) in [6.07, 6.45) is 4.54. The summed E-state index contributed by atoms with van der Waals surface area (Å²) in [6, 6.07) is 0. The second-order valence-electron chi connectivity index (χ2n) is 6.12. The Kier molecular flexibility index (Phi) is 2.64. The summed E-state index contributed by atoms with van der Waals surface area (Å²) < 4.78 is 0. The quantitative estimate of drug-likeness (QED) is 0.623. The standard InChI is InChI=1S/C14H23NO/c1-6-10-11(13(16)15(4)5)7-9-8-12(10)14(9,2)3/h6,9,11-12H,7-8H2,1-5H3/b10-6+/t9-,11-,12-/m0/s1. The van der Waals surface area contributed by atoms with Crippen LogP contribution in [0.15, 0.2) is 11.6 Å². The highest BCUT2D eigenvalue weighted by molar-refractivity contribution is 5.82. The minimum Gasteiger partial charge on any atom is -0.348 e. The first-order valence-electron chi connectivity index (χ1n) is 6.26. The monoisotopic (exact) mass is 221 g/mol. The van der Waals surface area contributed by atoms with E-state index in [4.69, 9.17) is 0 Å². The minimum atomic E-state index is 0.164. The van der Waals surface area contributed by atoms with E-state index in [2.05, 4.69) is 26.8 Å². The summed E-state index contributed by atoms with van der Waals surface area (Å²) in [5.41, 5.74) is 1.82. The molecule has 0 radical (unpaired) electrons. The van der Waals surface area contributed by atoms with Gasteiger partial charge in [0.1, 0.15) is 0 Å². The van der Waals surface area contributed by atoms with Crippen LogP contribution in [0.4, 0.5) is 0 Å². The Morgan fingerprint density at radius 1 is 1.38 bits per heavy atom. The molecule has 90 valence electrons. The Morgan fingerprint density at radius 2 is 2.00 bits per heavy atom. The van der Waals surface area contributed by atoms with Crippen LogP contribution in [0.3, 0.4) is 0 Å². The molecule has 1 amide bonds. The molecule has 0 aromatic carbocycles. The molecular formula is C14H23NO. The number of amides is 1. The molecule has 0 aromatic rings. The molecule has 3 rings (SSSR count). The van der Waals surface area contributed by atoms with Crippen LogP contribution in [-0.4, -0.2) is 24.9 Å². The highest BCUT2D eigenvalue weighted by Gasteiger charge is 2.56. The zero-order valence-electron chi connectivity index (χ0n) is 11.1. The number of carbonyl (C=O) groups excluding carboxylic acids is 1. The van der Waals surface area contributed by atoms with Gasteiger partial charge in [-0.15, -0.1) is 0 Å². The summed E-state index contributed by atoms with van der Waals surface area (Å²) in [6.45, 7) is 6.79. The van der Waals surface area contributed by atoms with Crippen molar-refractivity contribution >= 4 is 5.91 Å². The van der Waals surface area contributed by atoms with Crippen molar-refractivity contribution in [2.45, 2.75) is 33.6 Å². The third-order valence-electron chi connectivity index (χ3n) is 4.87. The lowest BCUT2D eigenvalue weighted by Gasteiger charge is -2.60. The molecule has 2 bridgehead atoms. The smallest absolute Gasteiger partial charge is 0.229 e. The molecule has 16 heavy (non-hydrogen) atoms. The molecule has 3 saturated carbocycles. The Labute approximate surface area is 98.7 Å². The molecule has 0 saturated heterocycles. The summed E-state index contributed by atoms with van der Waals surface area (Å²) in [5, 5.41) is 0. The highest BCUT2D eigenvalue weighted by Crippen LogP contribution is 2.62. The van der Waals surface area contributed by atoms with Crippen LogP contribution < -0.4 is 0 Å². The molecule has 3 aliphatic carbocycles. The van der Waals surface area contributed by atoms with Crippen LogP contribution in [0, 0.1) is 23.2 Å². The van der Waals surface area contributed by atoms with Gasteiger partial charge >= 0.3 is 0 Å². The van der Waals surface area contributed by atoms with Crippen LogP contribution in [-0.2, 0) is 4.79 Å². The van der Waals surface area contributed by atoms with Crippen molar-refractivity contribution < 1.29 is 4.79 Å². The van der Waals surface area contributed by atoms with Gasteiger partial charge in [-0.1, -0.05) is 25.5 Å². The highest BCUT2D eigenvalue weighted by atomic mass is 16.2. The van der Waals surface area contributed by atoms with Gasteiger partial charge in [0.25, 0.3) is 0 Å². The van der Waals surface area contributed by atoms with E-state index in [9.17, 15) is 4.79 Å². The summed E-state index contributed by atoms with van der Waals surface area (Å²) in [7, 11) is 3.72. The maximum atomic E-state index is 12.1. The van der Waals surface area contributed by atoms with Crippen molar-refractivity contribution in [3.05, 3.63) is 11.6 Å². The normalized spacial score (nSPS) is 38.1. The average Bonchev–Trinajstić information content (AvgIpc) is 2.26. The zero-order valence-corrected chi connectivity index (χ0v) is 11.1. The van der Waals surface area contributed by atoms with Gasteiger partial charge in [0.05, 0.1) is 5.92 Å². The summed E-state index contributed by atoms with van der Waals surface area (Å²) in [4.78, 5) is 13.9. The molecule has 2 nitrogen and oxygen atoms in total. The van der Waals surface area contributed by atoms with E-state index in [0.717, 1.165) is 12.3 Å². The van der Waals surface area contributed by atoms with Gasteiger partial charge < -0.3 is 4.90 Å². The Balaban J connectivity index is 2.24. The van der Waals surface area contributed by atoms with E-state index in [1.807, 2.05) is 14.1 Å². The molecule has 0 heterocycles. The maximum absolute atomic E-state index is 12.1. The van der Waals surface area contributed by atoms with Gasteiger partial charge in [-0.3, -0.25) is 4.79 Å². The molecule has 0 aliphatic heterocycles. The first kappa shape index (κ1) is 11.7.